The summed E-state index contributed by atoms with van der Waals surface area (Å²) in [5.41, 5.74) is 1.86. The third-order valence-corrected chi connectivity index (χ3v) is 3.34. The Hall–Kier alpha value is -1.81. The average molecular weight is 244 g/mol. The van der Waals surface area contributed by atoms with Crippen molar-refractivity contribution in [2.24, 2.45) is 5.16 Å². The second kappa shape index (κ2) is 5.50. The molecular weight excluding hydrogens is 232 g/mol. The summed E-state index contributed by atoms with van der Waals surface area (Å²) in [6.45, 7) is 1.99. The van der Waals surface area contributed by atoms with Crippen molar-refractivity contribution in [1.29, 1.82) is 0 Å². The molecule has 0 radical (unpaired) electrons. The number of aryl methyl sites for hydroxylation is 1. The summed E-state index contributed by atoms with van der Waals surface area (Å²) in [6, 6.07) is 12.0. The SMILES string of the molecule is Cc1cc(/C=N/O)cnc1Sc1ccccc1. The number of aromatic nitrogens is 1. The lowest BCUT2D eigenvalue weighted by atomic mass is 10.2. The topological polar surface area (TPSA) is 45.5 Å². The molecule has 0 atom stereocenters. The maximum absolute atomic E-state index is 8.45. The lowest BCUT2D eigenvalue weighted by molar-refractivity contribution is 0.322. The number of oxime groups is 1. The van der Waals surface area contributed by atoms with Gasteiger partial charge in [-0.3, -0.25) is 0 Å². The fourth-order valence-electron chi connectivity index (χ4n) is 1.43. The van der Waals surface area contributed by atoms with E-state index in [-0.39, 0.29) is 0 Å². The molecule has 86 valence electrons. The van der Waals surface area contributed by atoms with Crippen LogP contribution in [-0.2, 0) is 0 Å². The van der Waals surface area contributed by atoms with Gasteiger partial charge < -0.3 is 5.21 Å². The predicted octanol–water partition coefficient (Wildman–Crippen LogP) is 3.35. The van der Waals surface area contributed by atoms with Crippen LogP contribution in [0, 0.1) is 6.92 Å². The lowest BCUT2D eigenvalue weighted by Gasteiger charge is -2.04. The summed E-state index contributed by atoms with van der Waals surface area (Å²) in [7, 11) is 0. The van der Waals surface area contributed by atoms with Crippen LogP contribution in [0.1, 0.15) is 11.1 Å². The monoisotopic (exact) mass is 244 g/mol. The first-order valence-electron chi connectivity index (χ1n) is 5.16. The molecule has 2 rings (SSSR count). The molecule has 0 saturated carbocycles. The Bertz CT molecular complexity index is 526. The highest BCUT2D eigenvalue weighted by atomic mass is 32.2. The van der Waals surface area contributed by atoms with E-state index in [1.165, 1.54) is 6.21 Å². The van der Waals surface area contributed by atoms with Crippen molar-refractivity contribution in [1.82, 2.24) is 4.98 Å². The van der Waals surface area contributed by atoms with Gasteiger partial charge in [0.1, 0.15) is 5.03 Å². The summed E-state index contributed by atoms with van der Waals surface area (Å²) in [5.74, 6) is 0. The largest absolute Gasteiger partial charge is 0.411 e. The van der Waals surface area contributed by atoms with E-state index in [1.807, 2.05) is 31.2 Å². The van der Waals surface area contributed by atoms with E-state index >= 15 is 0 Å². The van der Waals surface area contributed by atoms with Gasteiger partial charge in [-0.05, 0) is 30.7 Å². The minimum absolute atomic E-state index is 0.794. The van der Waals surface area contributed by atoms with E-state index in [0.29, 0.717) is 0 Å². The molecule has 4 heteroatoms. The number of benzene rings is 1. The van der Waals surface area contributed by atoms with E-state index in [0.717, 1.165) is 21.0 Å². The first-order valence-corrected chi connectivity index (χ1v) is 5.98. The van der Waals surface area contributed by atoms with Crippen molar-refractivity contribution < 1.29 is 5.21 Å². The van der Waals surface area contributed by atoms with E-state index in [2.05, 4.69) is 22.3 Å². The summed E-state index contributed by atoms with van der Waals surface area (Å²) in [4.78, 5) is 5.51. The normalized spacial score (nSPS) is 10.9. The van der Waals surface area contributed by atoms with E-state index in [4.69, 9.17) is 5.21 Å². The molecule has 17 heavy (non-hydrogen) atoms. The van der Waals surface area contributed by atoms with Gasteiger partial charge in [-0.1, -0.05) is 35.1 Å². The Balaban J connectivity index is 2.23. The second-order valence-corrected chi connectivity index (χ2v) is 4.61. The van der Waals surface area contributed by atoms with Crippen LogP contribution in [0.3, 0.4) is 0 Å². The van der Waals surface area contributed by atoms with Crippen LogP contribution in [0.2, 0.25) is 0 Å². The molecule has 0 spiro atoms. The average Bonchev–Trinajstić information content (AvgIpc) is 2.34. The van der Waals surface area contributed by atoms with Crippen LogP contribution < -0.4 is 0 Å². The highest BCUT2D eigenvalue weighted by molar-refractivity contribution is 7.99. The van der Waals surface area contributed by atoms with Crippen LogP contribution in [0.5, 0.6) is 0 Å². The van der Waals surface area contributed by atoms with Gasteiger partial charge in [-0.25, -0.2) is 4.98 Å². The molecule has 0 bridgehead atoms. The molecule has 1 aromatic heterocycles. The minimum atomic E-state index is 0.794. The van der Waals surface area contributed by atoms with Crippen LogP contribution >= 0.6 is 11.8 Å². The summed E-state index contributed by atoms with van der Waals surface area (Å²) in [6.07, 6.45) is 3.06. The van der Waals surface area contributed by atoms with E-state index in [1.54, 1.807) is 18.0 Å². The van der Waals surface area contributed by atoms with Crippen LogP contribution in [-0.4, -0.2) is 16.4 Å². The number of hydrogen-bond donors (Lipinski definition) is 1. The molecule has 1 N–H and O–H groups in total. The first-order chi connectivity index (χ1) is 8.29. The summed E-state index contributed by atoms with van der Waals surface area (Å²) < 4.78 is 0. The zero-order valence-electron chi connectivity index (χ0n) is 9.37. The second-order valence-electron chi connectivity index (χ2n) is 3.55. The van der Waals surface area contributed by atoms with Gasteiger partial charge >= 0.3 is 0 Å². The van der Waals surface area contributed by atoms with Crippen molar-refractivity contribution in [3.63, 3.8) is 0 Å². The Kier molecular flexibility index (Phi) is 3.77. The summed E-state index contributed by atoms with van der Waals surface area (Å²) in [5, 5.41) is 12.4. The van der Waals surface area contributed by atoms with Gasteiger partial charge in [0.15, 0.2) is 0 Å². The standard InChI is InChI=1S/C13H12N2OS/c1-10-7-11(9-15-16)8-14-13(10)17-12-5-3-2-4-6-12/h2-9,16H,1H3/b15-9+. The van der Waals surface area contributed by atoms with Gasteiger partial charge in [0.25, 0.3) is 0 Å². The highest BCUT2D eigenvalue weighted by Gasteiger charge is 2.03. The molecule has 0 aliphatic carbocycles. The molecule has 0 fully saturated rings. The van der Waals surface area contributed by atoms with Crippen molar-refractivity contribution in [3.8, 4) is 0 Å². The molecule has 0 amide bonds. The molecule has 3 nitrogen and oxygen atoms in total. The summed E-state index contributed by atoms with van der Waals surface area (Å²) >= 11 is 1.62. The fourth-order valence-corrected chi connectivity index (χ4v) is 2.27. The van der Waals surface area contributed by atoms with Crippen LogP contribution in [0.15, 0.2) is 57.7 Å². The fraction of sp³-hybridized carbons (Fsp3) is 0.0769. The lowest BCUT2D eigenvalue weighted by Crippen LogP contribution is -1.90. The zero-order valence-corrected chi connectivity index (χ0v) is 10.2. The number of rotatable bonds is 3. The van der Waals surface area contributed by atoms with Gasteiger partial charge in [0.05, 0.1) is 6.21 Å². The number of nitrogens with zero attached hydrogens (tertiary/aromatic N) is 2. The highest BCUT2D eigenvalue weighted by Crippen LogP contribution is 2.28. The molecule has 0 unspecified atom stereocenters. The third kappa shape index (κ3) is 3.07. The smallest absolute Gasteiger partial charge is 0.104 e. The molecule has 1 heterocycles. The molecule has 2 aromatic rings. The quantitative estimate of drug-likeness (QED) is 0.511. The van der Waals surface area contributed by atoms with Crippen molar-refractivity contribution in [2.75, 3.05) is 0 Å². The maximum atomic E-state index is 8.45. The maximum Gasteiger partial charge on any atom is 0.104 e. The van der Waals surface area contributed by atoms with E-state index in [9.17, 15) is 0 Å². The first kappa shape index (κ1) is 11.7. The molecular formula is C13H12N2OS. The Labute approximate surface area is 104 Å². The van der Waals surface area contributed by atoms with Crippen molar-refractivity contribution in [3.05, 3.63) is 53.7 Å². The minimum Gasteiger partial charge on any atom is -0.411 e. The van der Waals surface area contributed by atoms with Gasteiger partial charge in [0.2, 0.25) is 0 Å². The van der Waals surface area contributed by atoms with E-state index < -0.39 is 0 Å². The van der Waals surface area contributed by atoms with Crippen molar-refractivity contribution >= 4 is 18.0 Å². The molecule has 0 aliphatic heterocycles. The van der Waals surface area contributed by atoms with Crippen LogP contribution in [0.4, 0.5) is 0 Å². The Morgan fingerprint density at radius 3 is 2.71 bits per heavy atom. The Morgan fingerprint density at radius 1 is 1.29 bits per heavy atom. The zero-order chi connectivity index (χ0) is 12.1. The third-order valence-electron chi connectivity index (χ3n) is 2.22. The molecule has 1 aromatic carbocycles. The van der Waals surface area contributed by atoms with Crippen LogP contribution in [0.25, 0.3) is 0 Å². The molecule has 0 saturated heterocycles. The van der Waals surface area contributed by atoms with Gasteiger partial charge in [-0.15, -0.1) is 0 Å². The number of pyridine rings is 1. The Morgan fingerprint density at radius 2 is 2.06 bits per heavy atom. The van der Waals surface area contributed by atoms with Crippen molar-refractivity contribution in [2.45, 2.75) is 16.8 Å². The number of hydrogen-bond acceptors (Lipinski definition) is 4. The molecule has 0 aliphatic rings. The van der Waals surface area contributed by atoms with Gasteiger partial charge in [0, 0.05) is 16.7 Å². The predicted molar refractivity (Wildman–Crippen MR) is 68.9 cm³/mol. The van der Waals surface area contributed by atoms with Gasteiger partial charge in [-0.2, -0.15) is 0 Å².